The van der Waals surface area contributed by atoms with Gasteiger partial charge in [0.15, 0.2) is 0 Å². The van der Waals surface area contributed by atoms with Gasteiger partial charge in [-0.25, -0.2) is 0 Å². The van der Waals surface area contributed by atoms with Crippen LogP contribution >= 0.6 is 0 Å². The molecule has 0 aliphatic heterocycles. The Balaban J connectivity index is 5.76. The van der Waals surface area contributed by atoms with Gasteiger partial charge < -0.3 is 9.13 Å². The van der Waals surface area contributed by atoms with Gasteiger partial charge in [0.2, 0.25) is 11.8 Å². The van der Waals surface area contributed by atoms with Crippen molar-refractivity contribution in [1.82, 2.24) is 9.13 Å². The van der Waals surface area contributed by atoms with Gasteiger partial charge in [0.05, 0.1) is 0 Å². The minimum absolute atomic E-state index is 0.00836. The van der Waals surface area contributed by atoms with Gasteiger partial charge in [0, 0.05) is 25.9 Å². The number of rotatable bonds is 5. The first-order chi connectivity index (χ1) is 8.09. The van der Waals surface area contributed by atoms with Crippen molar-refractivity contribution >= 4 is 20.2 Å². The number of hydrogen-bond acceptors (Lipinski definition) is 2. The Labute approximate surface area is 112 Å². The second-order valence-electron chi connectivity index (χ2n) is 5.26. The second-order valence-corrected chi connectivity index (χ2v) is 8.82. The highest BCUT2D eigenvalue weighted by molar-refractivity contribution is 6.81. The van der Waals surface area contributed by atoms with Gasteiger partial charge in [-0.1, -0.05) is 5.70 Å². The van der Waals surface area contributed by atoms with Gasteiger partial charge >= 0.3 is 0 Å². The molecule has 0 fully saturated rings. The Bertz CT molecular complexity index is 314. The maximum Gasteiger partial charge on any atom is 0.291 e. The van der Waals surface area contributed by atoms with E-state index in [-0.39, 0.29) is 23.9 Å². The normalized spacial score (nSPS) is 11.6. The summed E-state index contributed by atoms with van der Waals surface area (Å²) in [5.41, 5.74) is 1.80. The number of hydrogen-bond donors (Lipinski definition) is 0. The monoisotopic (exact) mass is 270 g/mol. The highest BCUT2D eigenvalue weighted by Crippen LogP contribution is 2.23. The molecule has 0 radical (unpaired) electrons. The zero-order valence-corrected chi connectivity index (χ0v) is 13.7. The summed E-state index contributed by atoms with van der Waals surface area (Å²) in [5, 5.41) is 0. The van der Waals surface area contributed by atoms with Gasteiger partial charge in [0.1, 0.15) is 0 Å². The molecule has 0 rings (SSSR count). The lowest BCUT2D eigenvalue weighted by Gasteiger charge is -2.48. The Morgan fingerprint density at radius 1 is 1.00 bits per heavy atom. The Hall–Kier alpha value is -1.10. The van der Waals surface area contributed by atoms with Gasteiger partial charge in [0.25, 0.3) is 8.40 Å². The van der Waals surface area contributed by atoms with Crippen LogP contribution in [0.5, 0.6) is 0 Å². The fourth-order valence-corrected chi connectivity index (χ4v) is 6.71. The summed E-state index contributed by atoms with van der Waals surface area (Å²) in [6, 6.07) is 0.107. The summed E-state index contributed by atoms with van der Waals surface area (Å²) in [6.07, 6.45) is 0. The molecule has 4 nitrogen and oxygen atoms in total. The molecule has 104 valence electrons. The zero-order chi connectivity index (χ0) is 14.7. The number of carbonyl (C=O) groups is 2. The first kappa shape index (κ1) is 16.9. The van der Waals surface area contributed by atoms with Gasteiger partial charge in [-0.2, -0.15) is 0 Å². The molecule has 0 aliphatic carbocycles. The van der Waals surface area contributed by atoms with E-state index in [9.17, 15) is 9.59 Å². The molecule has 0 heterocycles. The highest BCUT2D eigenvalue weighted by atomic mass is 28.3. The SMILES string of the molecule is C=C[Si](C)(N(C(C)=O)C(C)C)N(C(C)=O)C(C)C. The molecule has 0 spiro atoms. The largest absolute Gasteiger partial charge is 0.346 e. The van der Waals surface area contributed by atoms with Crippen LogP contribution in [0, 0.1) is 0 Å². The van der Waals surface area contributed by atoms with E-state index in [0.29, 0.717) is 0 Å². The van der Waals surface area contributed by atoms with Gasteiger partial charge in [-0.3, -0.25) is 9.59 Å². The van der Waals surface area contributed by atoms with Crippen LogP contribution in [0.2, 0.25) is 6.55 Å². The fourth-order valence-electron chi connectivity index (χ4n) is 2.72. The average molecular weight is 270 g/mol. The van der Waals surface area contributed by atoms with Crippen LogP contribution in [0.25, 0.3) is 0 Å². The Morgan fingerprint density at radius 2 is 1.28 bits per heavy atom. The van der Waals surface area contributed by atoms with Gasteiger partial charge in [-0.05, 0) is 34.2 Å². The molecular weight excluding hydrogens is 244 g/mol. The minimum Gasteiger partial charge on any atom is -0.346 e. The molecule has 0 saturated carbocycles. The van der Waals surface area contributed by atoms with Crippen molar-refractivity contribution in [2.24, 2.45) is 0 Å². The summed E-state index contributed by atoms with van der Waals surface area (Å²) >= 11 is 0. The molecular formula is C13H26N2O2Si. The maximum absolute atomic E-state index is 11.9. The van der Waals surface area contributed by atoms with E-state index < -0.39 is 8.40 Å². The van der Waals surface area contributed by atoms with E-state index in [4.69, 9.17) is 0 Å². The van der Waals surface area contributed by atoms with E-state index in [1.165, 1.54) is 0 Å². The zero-order valence-electron chi connectivity index (χ0n) is 12.7. The molecule has 0 saturated heterocycles. The molecule has 0 aromatic carbocycles. The molecule has 0 N–H and O–H groups in total. The smallest absolute Gasteiger partial charge is 0.291 e. The maximum atomic E-state index is 11.9. The van der Waals surface area contributed by atoms with E-state index in [1.54, 1.807) is 19.5 Å². The Morgan fingerprint density at radius 3 is 1.39 bits per heavy atom. The van der Waals surface area contributed by atoms with Crippen LogP contribution in [0.15, 0.2) is 12.3 Å². The standard InChI is InChI=1S/C13H26N2O2Si/c1-9-18(8,14(10(2)3)12(6)16)15(11(4)5)13(7)17/h9-11H,1H2,2-8H3. The van der Waals surface area contributed by atoms with Gasteiger partial charge in [-0.15, -0.1) is 6.58 Å². The van der Waals surface area contributed by atoms with E-state index >= 15 is 0 Å². The molecule has 5 heteroatoms. The third-order valence-corrected chi connectivity index (χ3v) is 7.46. The van der Waals surface area contributed by atoms with Crippen molar-refractivity contribution in [2.75, 3.05) is 0 Å². The third-order valence-electron chi connectivity index (χ3n) is 3.07. The molecule has 2 amide bonds. The van der Waals surface area contributed by atoms with E-state index in [0.717, 1.165) is 0 Å². The van der Waals surface area contributed by atoms with Crippen molar-refractivity contribution < 1.29 is 9.59 Å². The number of carbonyl (C=O) groups excluding carboxylic acids is 2. The van der Waals surface area contributed by atoms with Crippen LogP contribution in [0.1, 0.15) is 41.5 Å². The lowest BCUT2D eigenvalue weighted by atomic mass is 10.4. The Kier molecular flexibility index (Phi) is 5.80. The summed E-state index contributed by atoms with van der Waals surface area (Å²) in [5.74, 6) is -0.0167. The lowest BCUT2D eigenvalue weighted by molar-refractivity contribution is -0.128. The molecule has 18 heavy (non-hydrogen) atoms. The third kappa shape index (κ3) is 3.22. The van der Waals surface area contributed by atoms with E-state index in [1.807, 2.05) is 43.4 Å². The summed E-state index contributed by atoms with van der Waals surface area (Å²) in [4.78, 5) is 23.8. The molecule has 0 atom stereocenters. The summed E-state index contributed by atoms with van der Waals surface area (Å²) in [7, 11) is -2.50. The second kappa shape index (κ2) is 6.18. The summed E-state index contributed by atoms with van der Waals surface area (Å²) < 4.78 is 3.64. The van der Waals surface area contributed by atoms with Crippen LogP contribution in [-0.4, -0.2) is 41.4 Å². The van der Waals surface area contributed by atoms with Crippen LogP contribution in [0.4, 0.5) is 0 Å². The number of amides is 2. The topological polar surface area (TPSA) is 40.6 Å². The molecule has 0 bridgehead atoms. The van der Waals surface area contributed by atoms with Crippen molar-refractivity contribution in [3.8, 4) is 0 Å². The van der Waals surface area contributed by atoms with Crippen molar-refractivity contribution in [1.29, 1.82) is 0 Å². The minimum atomic E-state index is -2.50. The van der Waals surface area contributed by atoms with Crippen molar-refractivity contribution in [2.45, 2.75) is 60.2 Å². The van der Waals surface area contributed by atoms with Crippen molar-refractivity contribution in [3.05, 3.63) is 12.3 Å². The average Bonchev–Trinajstić information content (AvgIpc) is 2.14. The lowest BCUT2D eigenvalue weighted by Crippen LogP contribution is -2.68. The van der Waals surface area contributed by atoms with Crippen LogP contribution in [-0.2, 0) is 9.59 Å². The molecule has 0 aliphatic rings. The number of nitrogens with zero attached hydrogens (tertiary/aromatic N) is 2. The predicted octanol–water partition coefficient (Wildman–Crippen LogP) is 2.30. The van der Waals surface area contributed by atoms with Crippen LogP contribution < -0.4 is 0 Å². The van der Waals surface area contributed by atoms with Crippen molar-refractivity contribution in [3.63, 3.8) is 0 Å². The quantitative estimate of drug-likeness (QED) is 0.719. The molecule has 0 aromatic heterocycles. The predicted molar refractivity (Wildman–Crippen MR) is 77.1 cm³/mol. The first-order valence-electron chi connectivity index (χ1n) is 6.33. The van der Waals surface area contributed by atoms with E-state index in [2.05, 4.69) is 6.58 Å². The highest BCUT2D eigenvalue weighted by Gasteiger charge is 2.44. The van der Waals surface area contributed by atoms with Crippen LogP contribution in [0.3, 0.4) is 0 Å². The fraction of sp³-hybridized carbons (Fsp3) is 0.692. The summed E-state index contributed by atoms with van der Waals surface area (Å²) in [6.45, 7) is 16.8. The molecule has 0 unspecified atom stereocenters. The first-order valence-corrected chi connectivity index (χ1v) is 8.80. The molecule has 0 aromatic rings.